The van der Waals surface area contributed by atoms with Gasteiger partial charge in [0.25, 0.3) is 0 Å². The minimum atomic E-state index is -0.491. The van der Waals surface area contributed by atoms with Crippen LogP contribution in [0.5, 0.6) is 0 Å². The maximum absolute atomic E-state index is 11.4. The van der Waals surface area contributed by atoms with Gasteiger partial charge in [0.05, 0.1) is 17.2 Å². The largest absolute Gasteiger partial charge is 0.443 e. The lowest BCUT2D eigenvalue weighted by Gasteiger charge is -2.21. The Balaban J connectivity index is 2.41. The number of carbonyl (C=O) groups is 1. The highest BCUT2D eigenvalue weighted by atomic mass is 32.1. The van der Waals surface area contributed by atoms with Crippen LogP contribution in [0.25, 0.3) is 0 Å². The molecule has 1 heterocycles. The normalized spacial score (nSPS) is 13.2. The molecule has 0 fully saturated rings. The molecule has 0 aliphatic carbocycles. The molecule has 17 heavy (non-hydrogen) atoms. The maximum Gasteiger partial charge on any atom is 0.422 e. The van der Waals surface area contributed by atoms with Gasteiger partial charge in [0.2, 0.25) is 0 Å². The second-order valence-corrected chi connectivity index (χ2v) is 5.68. The highest BCUT2D eigenvalue weighted by Gasteiger charge is 2.17. The molecule has 1 atom stereocenters. The van der Waals surface area contributed by atoms with E-state index in [2.05, 4.69) is 15.8 Å². The molecule has 6 heteroatoms. The standard InChI is InChI=1S/C11H19N3O2S/c1-7-9(17-6-12-7)8(2)13-14-10(15)16-11(3,4)5/h6,8,13H,1-5H3,(H,14,15). The zero-order valence-electron chi connectivity index (χ0n) is 10.8. The Kier molecular flexibility index (Phi) is 4.47. The zero-order valence-corrected chi connectivity index (χ0v) is 11.6. The topological polar surface area (TPSA) is 63.2 Å². The number of hydrogen-bond acceptors (Lipinski definition) is 5. The van der Waals surface area contributed by atoms with Crippen molar-refractivity contribution in [1.29, 1.82) is 0 Å². The second-order valence-electron chi connectivity index (χ2n) is 4.79. The molecule has 0 saturated carbocycles. The highest BCUT2D eigenvalue weighted by Crippen LogP contribution is 2.20. The third-order valence-electron chi connectivity index (χ3n) is 1.97. The Hall–Kier alpha value is -1.14. The van der Waals surface area contributed by atoms with Crippen LogP contribution < -0.4 is 10.9 Å². The summed E-state index contributed by atoms with van der Waals surface area (Å²) in [5.41, 5.74) is 7.69. The molecule has 0 aliphatic rings. The lowest BCUT2D eigenvalue weighted by Crippen LogP contribution is -2.42. The van der Waals surface area contributed by atoms with E-state index in [4.69, 9.17) is 4.74 Å². The van der Waals surface area contributed by atoms with Crippen molar-refractivity contribution in [3.63, 3.8) is 0 Å². The third kappa shape index (κ3) is 4.70. The lowest BCUT2D eigenvalue weighted by atomic mass is 10.2. The van der Waals surface area contributed by atoms with E-state index in [0.29, 0.717) is 0 Å². The Bertz CT molecular complexity index is 384. The Labute approximate surface area is 106 Å². The first-order valence-electron chi connectivity index (χ1n) is 5.44. The van der Waals surface area contributed by atoms with Crippen molar-refractivity contribution in [3.05, 3.63) is 16.1 Å². The zero-order chi connectivity index (χ0) is 13.1. The van der Waals surface area contributed by atoms with E-state index in [1.165, 1.54) is 0 Å². The first-order valence-corrected chi connectivity index (χ1v) is 6.32. The Morgan fingerprint density at radius 2 is 2.18 bits per heavy atom. The van der Waals surface area contributed by atoms with E-state index < -0.39 is 11.7 Å². The molecule has 96 valence electrons. The number of nitrogens with one attached hydrogen (secondary N) is 2. The van der Waals surface area contributed by atoms with Gasteiger partial charge >= 0.3 is 6.09 Å². The number of aromatic nitrogens is 1. The molecule has 2 N–H and O–H groups in total. The van der Waals surface area contributed by atoms with Crippen molar-refractivity contribution < 1.29 is 9.53 Å². The number of aryl methyl sites for hydroxylation is 1. The van der Waals surface area contributed by atoms with E-state index in [9.17, 15) is 4.79 Å². The summed E-state index contributed by atoms with van der Waals surface area (Å²) in [7, 11) is 0. The van der Waals surface area contributed by atoms with Crippen molar-refractivity contribution in [2.45, 2.75) is 46.3 Å². The summed E-state index contributed by atoms with van der Waals surface area (Å²) in [6, 6.07) is 0.00928. The van der Waals surface area contributed by atoms with Gasteiger partial charge in [-0.1, -0.05) is 0 Å². The van der Waals surface area contributed by atoms with Crippen LogP contribution in [0.15, 0.2) is 5.51 Å². The smallest absolute Gasteiger partial charge is 0.422 e. The molecule has 0 bridgehead atoms. The molecule has 0 aromatic carbocycles. The van der Waals surface area contributed by atoms with Gasteiger partial charge in [-0.3, -0.25) is 5.43 Å². The third-order valence-corrected chi connectivity index (χ3v) is 3.08. The SMILES string of the molecule is Cc1ncsc1C(C)NNC(=O)OC(C)(C)C. The second kappa shape index (κ2) is 5.46. The molecule has 0 radical (unpaired) electrons. The van der Waals surface area contributed by atoms with Gasteiger partial charge in [0.15, 0.2) is 0 Å². The Morgan fingerprint density at radius 3 is 2.65 bits per heavy atom. The van der Waals surface area contributed by atoms with Crippen molar-refractivity contribution in [2.24, 2.45) is 0 Å². The van der Waals surface area contributed by atoms with Crippen LogP contribution in [-0.4, -0.2) is 16.7 Å². The minimum Gasteiger partial charge on any atom is -0.443 e. The maximum atomic E-state index is 11.4. The van der Waals surface area contributed by atoms with Gasteiger partial charge in [0.1, 0.15) is 5.60 Å². The number of nitrogens with zero attached hydrogens (tertiary/aromatic N) is 1. The fraction of sp³-hybridized carbons (Fsp3) is 0.636. The van der Waals surface area contributed by atoms with Gasteiger partial charge in [0, 0.05) is 4.88 Å². The van der Waals surface area contributed by atoms with Crippen LogP contribution in [-0.2, 0) is 4.74 Å². The number of ether oxygens (including phenoxy) is 1. The van der Waals surface area contributed by atoms with Gasteiger partial charge in [-0.05, 0) is 34.6 Å². The van der Waals surface area contributed by atoms with Crippen LogP contribution in [0, 0.1) is 6.92 Å². The van der Waals surface area contributed by atoms with Crippen molar-refractivity contribution in [3.8, 4) is 0 Å². The molecule has 1 aromatic rings. The van der Waals surface area contributed by atoms with Crippen molar-refractivity contribution >= 4 is 17.4 Å². The Morgan fingerprint density at radius 1 is 1.53 bits per heavy atom. The quantitative estimate of drug-likeness (QED) is 0.817. The van der Waals surface area contributed by atoms with Crippen LogP contribution in [0.1, 0.15) is 44.3 Å². The molecule has 1 amide bonds. The van der Waals surface area contributed by atoms with E-state index in [0.717, 1.165) is 10.6 Å². The van der Waals surface area contributed by atoms with E-state index in [1.54, 1.807) is 16.8 Å². The van der Waals surface area contributed by atoms with E-state index in [-0.39, 0.29) is 6.04 Å². The summed E-state index contributed by atoms with van der Waals surface area (Å²) in [6.07, 6.45) is -0.480. The summed E-state index contributed by atoms with van der Waals surface area (Å²) in [5, 5.41) is 0. The molecule has 0 spiro atoms. The number of carbonyl (C=O) groups excluding carboxylic acids is 1. The molecule has 1 rings (SSSR count). The first-order chi connectivity index (χ1) is 7.79. The highest BCUT2D eigenvalue weighted by molar-refractivity contribution is 7.09. The van der Waals surface area contributed by atoms with Gasteiger partial charge in [-0.15, -0.1) is 11.3 Å². The van der Waals surface area contributed by atoms with E-state index in [1.807, 2.05) is 34.6 Å². The fourth-order valence-corrected chi connectivity index (χ4v) is 2.07. The number of amides is 1. The van der Waals surface area contributed by atoms with Crippen LogP contribution in [0.4, 0.5) is 4.79 Å². The van der Waals surface area contributed by atoms with Gasteiger partial charge < -0.3 is 4.74 Å². The van der Waals surface area contributed by atoms with E-state index >= 15 is 0 Å². The lowest BCUT2D eigenvalue weighted by molar-refractivity contribution is 0.0489. The molecule has 5 nitrogen and oxygen atoms in total. The average molecular weight is 257 g/mol. The predicted molar refractivity (Wildman–Crippen MR) is 67.8 cm³/mol. The molecule has 0 saturated heterocycles. The molecule has 1 unspecified atom stereocenters. The molecular formula is C11H19N3O2S. The number of thiazole rings is 1. The summed E-state index contributed by atoms with van der Waals surface area (Å²) in [5.74, 6) is 0. The van der Waals surface area contributed by atoms with Crippen LogP contribution in [0.3, 0.4) is 0 Å². The van der Waals surface area contributed by atoms with Crippen molar-refractivity contribution in [1.82, 2.24) is 15.8 Å². The van der Waals surface area contributed by atoms with Crippen molar-refractivity contribution in [2.75, 3.05) is 0 Å². The van der Waals surface area contributed by atoms with Gasteiger partial charge in [-0.2, -0.15) is 0 Å². The predicted octanol–water partition coefficient (Wildman–Crippen LogP) is 2.54. The summed E-state index contributed by atoms with van der Waals surface area (Å²) in [6.45, 7) is 9.37. The number of hydrogen-bond donors (Lipinski definition) is 2. The van der Waals surface area contributed by atoms with Crippen LogP contribution in [0.2, 0.25) is 0 Å². The average Bonchev–Trinajstić information content (AvgIpc) is 2.58. The molecule has 0 aliphatic heterocycles. The summed E-state index contributed by atoms with van der Waals surface area (Å²) >= 11 is 1.56. The number of hydrazine groups is 1. The fourth-order valence-electron chi connectivity index (χ4n) is 1.26. The monoisotopic (exact) mass is 257 g/mol. The first kappa shape index (κ1) is 13.9. The summed E-state index contributed by atoms with van der Waals surface area (Å²) in [4.78, 5) is 16.7. The minimum absolute atomic E-state index is 0.00928. The molecular weight excluding hydrogens is 238 g/mol. The number of rotatable bonds is 3. The summed E-state index contributed by atoms with van der Waals surface area (Å²) < 4.78 is 5.11. The van der Waals surface area contributed by atoms with Crippen LogP contribution >= 0.6 is 11.3 Å². The van der Waals surface area contributed by atoms with Gasteiger partial charge in [-0.25, -0.2) is 15.2 Å². The molecule has 1 aromatic heterocycles.